The van der Waals surface area contributed by atoms with Gasteiger partial charge in [0.25, 0.3) is 5.91 Å². The highest BCUT2D eigenvalue weighted by Crippen LogP contribution is 2.18. The van der Waals surface area contributed by atoms with Gasteiger partial charge in [0.05, 0.1) is 0 Å². The SMILES string of the molecule is CN1CCN(C(=O)c2ccc(CSCc3ccccc3)cc2)CC1. The maximum absolute atomic E-state index is 12.5. The predicted octanol–water partition coefficient (Wildman–Crippen LogP) is 3.51. The number of carbonyl (C=O) groups is 1. The van der Waals surface area contributed by atoms with Gasteiger partial charge < -0.3 is 9.80 Å². The summed E-state index contributed by atoms with van der Waals surface area (Å²) in [5.74, 6) is 2.15. The molecule has 4 heteroatoms. The van der Waals surface area contributed by atoms with E-state index in [-0.39, 0.29) is 5.91 Å². The Morgan fingerprint density at radius 2 is 1.46 bits per heavy atom. The van der Waals surface area contributed by atoms with Crippen LogP contribution in [0.4, 0.5) is 0 Å². The zero-order valence-electron chi connectivity index (χ0n) is 14.1. The fraction of sp³-hybridized carbons (Fsp3) is 0.350. The van der Waals surface area contributed by atoms with E-state index in [1.165, 1.54) is 11.1 Å². The van der Waals surface area contributed by atoms with E-state index < -0.39 is 0 Å². The first kappa shape index (κ1) is 17.1. The molecule has 1 heterocycles. The van der Waals surface area contributed by atoms with Crippen molar-refractivity contribution in [3.8, 4) is 0 Å². The van der Waals surface area contributed by atoms with Crippen molar-refractivity contribution in [3.05, 3.63) is 71.3 Å². The zero-order valence-corrected chi connectivity index (χ0v) is 15.0. The molecule has 1 aliphatic rings. The van der Waals surface area contributed by atoms with Crippen molar-refractivity contribution in [2.24, 2.45) is 0 Å². The number of nitrogens with zero attached hydrogens (tertiary/aromatic N) is 2. The van der Waals surface area contributed by atoms with Crippen molar-refractivity contribution in [3.63, 3.8) is 0 Å². The molecule has 0 bridgehead atoms. The molecule has 0 unspecified atom stereocenters. The summed E-state index contributed by atoms with van der Waals surface area (Å²) in [5.41, 5.74) is 3.42. The third-order valence-corrected chi connectivity index (χ3v) is 5.45. The highest BCUT2D eigenvalue weighted by atomic mass is 32.2. The maximum atomic E-state index is 12.5. The van der Waals surface area contributed by atoms with Gasteiger partial charge in [0, 0.05) is 43.2 Å². The van der Waals surface area contributed by atoms with E-state index in [9.17, 15) is 4.79 Å². The Bertz CT molecular complexity index is 649. The number of likely N-dealkylation sites (N-methyl/N-ethyl adjacent to an activating group) is 1. The van der Waals surface area contributed by atoms with E-state index in [0.717, 1.165) is 43.2 Å². The summed E-state index contributed by atoms with van der Waals surface area (Å²) in [6.07, 6.45) is 0. The second-order valence-electron chi connectivity index (χ2n) is 6.27. The minimum absolute atomic E-state index is 0.159. The number of amides is 1. The maximum Gasteiger partial charge on any atom is 0.253 e. The Morgan fingerprint density at radius 3 is 2.08 bits per heavy atom. The predicted molar refractivity (Wildman–Crippen MR) is 101 cm³/mol. The average Bonchev–Trinajstić information content (AvgIpc) is 2.63. The molecule has 24 heavy (non-hydrogen) atoms. The number of carbonyl (C=O) groups excluding carboxylic acids is 1. The first-order valence-electron chi connectivity index (χ1n) is 8.41. The van der Waals surface area contributed by atoms with Gasteiger partial charge in [-0.2, -0.15) is 11.8 Å². The van der Waals surface area contributed by atoms with Gasteiger partial charge in [-0.25, -0.2) is 0 Å². The molecule has 1 amide bonds. The van der Waals surface area contributed by atoms with Crippen LogP contribution in [0.25, 0.3) is 0 Å². The van der Waals surface area contributed by atoms with E-state index >= 15 is 0 Å². The molecule has 0 aliphatic carbocycles. The van der Waals surface area contributed by atoms with E-state index in [4.69, 9.17) is 0 Å². The van der Waals surface area contributed by atoms with Gasteiger partial charge in [0.1, 0.15) is 0 Å². The van der Waals surface area contributed by atoms with Gasteiger partial charge >= 0.3 is 0 Å². The summed E-state index contributed by atoms with van der Waals surface area (Å²) in [6, 6.07) is 18.6. The van der Waals surface area contributed by atoms with Crippen molar-refractivity contribution in [2.75, 3.05) is 33.2 Å². The average molecular weight is 340 g/mol. The van der Waals surface area contributed by atoms with E-state index in [0.29, 0.717) is 0 Å². The summed E-state index contributed by atoms with van der Waals surface area (Å²) in [6.45, 7) is 3.56. The van der Waals surface area contributed by atoms with Crippen LogP contribution in [0.15, 0.2) is 54.6 Å². The van der Waals surface area contributed by atoms with Crippen molar-refractivity contribution in [2.45, 2.75) is 11.5 Å². The Hall–Kier alpha value is -1.78. The minimum Gasteiger partial charge on any atom is -0.336 e. The molecule has 1 fully saturated rings. The molecule has 3 nitrogen and oxygen atoms in total. The van der Waals surface area contributed by atoms with Crippen LogP contribution in [0.1, 0.15) is 21.5 Å². The number of piperazine rings is 1. The summed E-state index contributed by atoms with van der Waals surface area (Å²) in [4.78, 5) is 16.7. The number of hydrogen-bond acceptors (Lipinski definition) is 3. The molecule has 1 aliphatic heterocycles. The largest absolute Gasteiger partial charge is 0.336 e. The van der Waals surface area contributed by atoms with Crippen molar-refractivity contribution in [1.82, 2.24) is 9.80 Å². The van der Waals surface area contributed by atoms with Gasteiger partial charge in [-0.3, -0.25) is 4.79 Å². The third-order valence-electron chi connectivity index (χ3n) is 4.37. The van der Waals surface area contributed by atoms with Crippen LogP contribution >= 0.6 is 11.8 Å². The topological polar surface area (TPSA) is 23.6 Å². The number of rotatable bonds is 5. The standard InChI is InChI=1S/C20H24N2OS/c1-21-11-13-22(14-12-21)20(23)19-9-7-18(8-10-19)16-24-15-17-5-3-2-4-6-17/h2-10H,11-16H2,1H3. The molecule has 0 saturated carbocycles. The molecule has 126 valence electrons. The molecule has 1 saturated heterocycles. The Labute approximate surface area is 148 Å². The van der Waals surface area contributed by atoms with Crippen LogP contribution in [-0.4, -0.2) is 48.9 Å². The van der Waals surface area contributed by atoms with Crippen LogP contribution < -0.4 is 0 Å². The van der Waals surface area contributed by atoms with Crippen molar-refractivity contribution < 1.29 is 4.79 Å². The highest BCUT2D eigenvalue weighted by Gasteiger charge is 2.20. The molecule has 2 aromatic carbocycles. The van der Waals surface area contributed by atoms with Crippen LogP contribution in [0.5, 0.6) is 0 Å². The lowest BCUT2D eigenvalue weighted by molar-refractivity contribution is 0.0664. The van der Waals surface area contributed by atoms with E-state index in [1.807, 2.05) is 34.9 Å². The van der Waals surface area contributed by atoms with Crippen LogP contribution in [0.3, 0.4) is 0 Å². The number of benzene rings is 2. The second kappa shape index (κ2) is 8.36. The zero-order chi connectivity index (χ0) is 16.8. The minimum atomic E-state index is 0.159. The molecule has 0 radical (unpaired) electrons. The quantitative estimate of drug-likeness (QED) is 0.832. The molecule has 0 aromatic heterocycles. The van der Waals surface area contributed by atoms with Crippen LogP contribution in [0, 0.1) is 0 Å². The summed E-state index contributed by atoms with van der Waals surface area (Å²) in [7, 11) is 2.10. The molecule has 0 atom stereocenters. The van der Waals surface area contributed by atoms with Crippen LogP contribution in [0.2, 0.25) is 0 Å². The fourth-order valence-electron chi connectivity index (χ4n) is 2.80. The van der Waals surface area contributed by atoms with E-state index in [2.05, 4.69) is 48.3 Å². The molecular weight excluding hydrogens is 316 g/mol. The van der Waals surface area contributed by atoms with Gasteiger partial charge in [-0.05, 0) is 30.3 Å². The fourth-order valence-corrected chi connectivity index (χ4v) is 3.75. The molecule has 2 aromatic rings. The monoisotopic (exact) mass is 340 g/mol. The number of thioether (sulfide) groups is 1. The first-order chi connectivity index (χ1) is 11.7. The lowest BCUT2D eigenvalue weighted by Gasteiger charge is -2.32. The smallest absolute Gasteiger partial charge is 0.253 e. The summed E-state index contributed by atoms with van der Waals surface area (Å²) >= 11 is 1.90. The number of hydrogen-bond donors (Lipinski definition) is 0. The van der Waals surface area contributed by atoms with Gasteiger partial charge in [-0.15, -0.1) is 0 Å². The highest BCUT2D eigenvalue weighted by molar-refractivity contribution is 7.97. The van der Waals surface area contributed by atoms with Gasteiger partial charge in [0.15, 0.2) is 0 Å². The lowest BCUT2D eigenvalue weighted by Crippen LogP contribution is -2.47. The molecule has 0 spiro atoms. The van der Waals surface area contributed by atoms with Crippen molar-refractivity contribution >= 4 is 17.7 Å². The molecule has 0 N–H and O–H groups in total. The summed E-state index contributed by atoms with van der Waals surface area (Å²) < 4.78 is 0. The molecule has 3 rings (SSSR count). The van der Waals surface area contributed by atoms with Gasteiger partial charge in [-0.1, -0.05) is 42.5 Å². The first-order valence-corrected chi connectivity index (χ1v) is 9.56. The third kappa shape index (κ3) is 4.62. The van der Waals surface area contributed by atoms with E-state index in [1.54, 1.807) is 0 Å². The van der Waals surface area contributed by atoms with Crippen molar-refractivity contribution in [1.29, 1.82) is 0 Å². The Morgan fingerprint density at radius 1 is 0.875 bits per heavy atom. The molecular formula is C20H24N2OS. The Balaban J connectivity index is 1.50. The van der Waals surface area contributed by atoms with Gasteiger partial charge in [0.2, 0.25) is 0 Å². The normalized spacial score (nSPS) is 15.5. The summed E-state index contributed by atoms with van der Waals surface area (Å²) in [5, 5.41) is 0. The Kier molecular flexibility index (Phi) is 5.94. The van der Waals surface area contributed by atoms with Crippen LogP contribution in [-0.2, 0) is 11.5 Å². The lowest BCUT2D eigenvalue weighted by atomic mass is 10.1. The second-order valence-corrected chi connectivity index (χ2v) is 7.26.